The average molecular weight is 188 g/mol. The maximum Gasteiger partial charge on any atom is 0.123 e. The Bertz CT molecular complexity index is 298. The standard InChI is InChI=1S/C13H16O/c1-3-4-12-5-7-13(8-6-12)9-11(2)10-14/h3,5-8,10-11H,1,4,9H2,2H3. The van der Waals surface area contributed by atoms with Gasteiger partial charge in [0.05, 0.1) is 0 Å². The highest BCUT2D eigenvalue weighted by Crippen LogP contribution is 2.09. The summed E-state index contributed by atoms with van der Waals surface area (Å²) in [5.41, 5.74) is 2.49. The lowest BCUT2D eigenvalue weighted by atomic mass is 10.0. The van der Waals surface area contributed by atoms with Crippen molar-refractivity contribution in [2.24, 2.45) is 5.92 Å². The lowest BCUT2D eigenvalue weighted by Gasteiger charge is -2.04. The van der Waals surface area contributed by atoms with E-state index < -0.39 is 0 Å². The normalized spacial score (nSPS) is 12.1. The molecule has 1 unspecified atom stereocenters. The average Bonchev–Trinajstić information content (AvgIpc) is 2.21. The summed E-state index contributed by atoms with van der Waals surface area (Å²) >= 11 is 0. The summed E-state index contributed by atoms with van der Waals surface area (Å²) in [6, 6.07) is 8.35. The van der Waals surface area contributed by atoms with Crippen LogP contribution in [0.5, 0.6) is 0 Å². The van der Waals surface area contributed by atoms with Crippen LogP contribution in [-0.4, -0.2) is 6.29 Å². The molecule has 0 aliphatic carbocycles. The third-order valence-corrected chi connectivity index (χ3v) is 2.19. The van der Waals surface area contributed by atoms with Crippen LogP contribution in [0.15, 0.2) is 36.9 Å². The van der Waals surface area contributed by atoms with Crippen LogP contribution >= 0.6 is 0 Å². The first-order valence-electron chi connectivity index (χ1n) is 4.90. The van der Waals surface area contributed by atoms with E-state index in [0.717, 1.165) is 19.1 Å². The van der Waals surface area contributed by atoms with Crippen LogP contribution in [0.25, 0.3) is 0 Å². The quantitative estimate of drug-likeness (QED) is 0.513. The van der Waals surface area contributed by atoms with Crippen LogP contribution in [0.4, 0.5) is 0 Å². The van der Waals surface area contributed by atoms with Gasteiger partial charge < -0.3 is 4.79 Å². The van der Waals surface area contributed by atoms with Gasteiger partial charge in [-0.3, -0.25) is 0 Å². The van der Waals surface area contributed by atoms with E-state index in [1.807, 2.05) is 13.0 Å². The second-order valence-corrected chi connectivity index (χ2v) is 3.63. The number of benzene rings is 1. The molecular formula is C13H16O. The second kappa shape index (κ2) is 5.38. The van der Waals surface area contributed by atoms with E-state index in [0.29, 0.717) is 0 Å². The van der Waals surface area contributed by atoms with Crippen LogP contribution in [0.3, 0.4) is 0 Å². The number of allylic oxidation sites excluding steroid dienone is 1. The Morgan fingerprint density at radius 1 is 1.29 bits per heavy atom. The molecule has 14 heavy (non-hydrogen) atoms. The molecule has 0 N–H and O–H groups in total. The highest BCUT2D eigenvalue weighted by atomic mass is 16.1. The molecule has 1 rings (SSSR count). The monoisotopic (exact) mass is 188 g/mol. The number of carbonyl (C=O) groups is 1. The highest BCUT2D eigenvalue weighted by molar-refractivity contribution is 5.53. The molecule has 0 saturated carbocycles. The molecule has 1 atom stereocenters. The molecule has 0 saturated heterocycles. The first kappa shape index (κ1) is 10.7. The lowest BCUT2D eigenvalue weighted by molar-refractivity contribution is -0.110. The number of rotatable bonds is 5. The van der Waals surface area contributed by atoms with Crippen molar-refractivity contribution in [3.63, 3.8) is 0 Å². The zero-order valence-corrected chi connectivity index (χ0v) is 8.57. The summed E-state index contributed by atoms with van der Waals surface area (Å²) in [4.78, 5) is 10.5. The number of hydrogen-bond donors (Lipinski definition) is 0. The number of aldehydes is 1. The van der Waals surface area contributed by atoms with Gasteiger partial charge in [0.15, 0.2) is 0 Å². The molecular weight excluding hydrogens is 172 g/mol. The van der Waals surface area contributed by atoms with Gasteiger partial charge in [-0.1, -0.05) is 37.3 Å². The fraction of sp³-hybridized carbons (Fsp3) is 0.308. The molecule has 0 aromatic heterocycles. The van der Waals surface area contributed by atoms with Crippen molar-refractivity contribution in [1.29, 1.82) is 0 Å². The fourth-order valence-electron chi connectivity index (χ4n) is 1.40. The van der Waals surface area contributed by atoms with Gasteiger partial charge in [-0.2, -0.15) is 0 Å². The summed E-state index contributed by atoms with van der Waals surface area (Å²) in [6.07, 6.45) is 4.63. The first-order chi connectivity index (χ1) is 6.76. The maximum absolute atomic E-state index is 10.5. The van der Waals surface area contributed by atoms with Gasteiger partial charge in [-0.25, -0.2) is 0 Å². The lowest BCUT2D eigenvalue weighted by Crippen LogP contribution is -2.00. The van der Waals surface area contributed by atoms with Crippen LogP contribution in [0.1, 0.15) is 18.1 Å². The van der Waals surface area contributed by atoms with Crippen molar-refractivity contribution < 1.29 is 4.79 Å². The predicted octanol–water partition coefficient (Wildman–Crippen LogP) is 2.79. The topological polar surface area (TPSA) is 17.1 Å². The second-order valence-electron chi connectivity index (χ2n) is 3.63. The Balaban J connectivity index is 2.63. The summed E-state index contributed by atoms with van der Waals surface area (Å²) in [6.45, 7) is 5.63. The van der Waals surface area contributed by atoms with E-state index >= 15 is 0 Å². The van der Waals surface area contributed by atoms with Crippen molar-refractivity contribution in [1.82, 2.24) is 0 Å². The van der Waals surface area contributed by atoms with E-state index in [4.69, 9.17) is 0 Å². The fourth-order valence-corrected chi connectivity index (χ4v) is 1.40. The van der Waals surface area contributed by atoms with E-state index in [9.17, 15) is 4.79 Å². The smallest absolute Gasteiger partial charge is 0.123 e. The van der Waals surface area contributed by atoms with Crippen LogP contribution in [0.2, 0.25) is 0 Å². The largest absolute Gasteiger partial charge is 0.303 e. The molecule has 0 bridgehead atoms. The first-order valence-corrected chi connectivity index (χ1v) is 4.90. The van der Waals surface area contributed by atoms with Crippen molar-refractivity contribution in [2.75, 3.05) is 0 Å². The molecule has 1 aromatic carbocycles. The van der Waals surface area contributed by atoms with Gasteiger partial charge >= 0.3 is 0 Å². The SMILES string of the molecule is C=CCc1ccc(CC(C)C=O)cc1. The minimum absolute atomic E-state index is 0.111. The van der Waals surface area contributed by atoms with Gasteiger partial charge in [0, 0.05) is 5.92 Å². The number of hydrogen-bond acceptors (Lipinski definition) is 1. The van der Waals surface area contributed by atoms with Gasteiger partial charge in [0.1, 0.15) is 6.29 Å². The van der Waals surface area contributed by atoms with E-state index in [1.165, 1.54) is 11.1 Å². The third-order valence-electron chi connectivity index (χ3n) is 2.19. The van der Waals surface area contributed by atoms with Gasteiger partial charge in [-0.05, 0) is 24.0 Å². The summed E-state index contributed by atoms with van der Waals surface area (Å²) < 4.78 is 0. The summed E-state index contributed by atoms with van der Waals surface area (Å²) in [7, 11) is 0. The number of carbonyl (C=O) groups excluding carboxylic acids is 1. The Labute approximate surface area is 85.5 Å². The van der Waals surface area contributed by atoms with Crippen LogP contribution in [-0.2, 0) is 17.6 Å². The molecule has 0 aliphatic heterocycles. The van der Waals surface area contributed by atoms with Crippen LogP contribution in [0, 0.1) is 5.92 Å². The molecule has 0 aliphatic rings. The molecule has 1 nitrogen and oxygen atoms in total. The predicted molar refractivity (Wildman–Crippen MR) is 59.3 cm³/mol. The van der Waals surface area contributed by atoms with Crippen molar-refractivity contribution in [2.45, 2.75) is 19.8 Å². The van der Waals surface area contributed by atoms with Crippen LogP contribution < -0.4 is 0 Å². The van der Waals surface area contributed by atoms with E-state index in [2.05, 4.69) is 30.8 Å². The zero-order chi connectivity index (χ0) is 10.4. The Hall–Kier alpha value is -1.37. The van der Waals surface area contributed by atoms with Crippen molar-refractivity contribution in [3.8, 4) is 0 Å². The summed E-state index contributed by atoms with van der Waals surface area (Å²) in [5, 5.41) is 0. The zero-order valence-electron chi connectivity index (χ0n) is 8.57. The molecule has 74 valence electrons. The molecule has 0 fully saturated rings. The minimum Gasteiger partial charge on any atom is -0.303 e. The molecule has 0 radical (unpaired) electrons. The highest BCUT2D eigenvalue weighted by Gasteiger charge is 2.01. The Morgan fingerprint density at radius 3 is 2.36 bits per heavy atom. The van der Waals surface area contributed by atoms with Crippen molar-refractivity contribution >= 4 is 6.29 Å². The van der Waals surface area contributed by atoms with Gasteiger partial charge in [0.2, 0.25) is 0 Å². The van der Waals surface area contributed by atoms with E-state index in [-0.39, 0.29) is 5.92 Å². The minimum atomic E-state index is 0.111. The van der Waals surface area contributed by atoms with E-state index in [1.54, 1.807) is 0 Å². The molecule has 1 heteroatoms. The maximum atomic E-state index is 10.5. The molecule has 1 aromatic rings. The van der Waals surface area contributed by atoms with Gasteiger partial charge in [-0.15, -0.1) is 6.58 Å². The molecule has 0 amide bonds. The van der Waals surface area contributed by atoms with Gasteiger partial charge in [0.25, 0.3) is 0 Å². The Kier molecular flexibility index (Phi) is 4.11. The Morgan fingerprint density at radius 2 is 1.86 bits per heavy atom. The molecule has 0 heterocycles. The summed E-state index contributed by atoms with van der Waals surface area (Å²) in [5.74, 6) is 0.111. The van der Waals surface area contributed by atoms with Crippen molar-refractivity contribution in [3.05, 3.63) is 48.0 Å². The molecule has 0 spiro atoms. The third kappa shape index (κ3) is 3.17.